The Kier molecular flexibility index (Phi) is 5.23. The molecule has 0 bridgehead atoms. The van der Waals surface area contributed by atoms with E-state index in [4.69, 9.17) is 10.8 Å². The minimum atomic E-state index is -0.978. The Morgan fingerprint density at radius 1 is 1.43 bits per heavy atom. The van der Waals surface area contributed by atoms with Crippen molar-refractivity contribution in [2.45, 2.75) is 20.8 Å². The number of hydrogen-bond acceptors (Lipinski definition) is 2. The number of benzene rings is 1. The number of anilines is 1. The molecule has 0 fully saturated rings. The highest BCUT2D eigenvalue weighted by molar-refractivity contribution is 9.10. The van der Waals surface area contributed by atoms with Gasteiger partial charge in [0.15, 0.2) is 0 Å². The molecule has 0 aliphatic heterocycles. The second-order valence-electron chi connectivity index (χ2n) is 2.49. The molecule has 3 nitrogen and oxygen atoms in total. The second-order valence-corrected chi connectivity index (χ2v) is 3.35. The Labute approximate surface area is 92.1 Å². The standard InChI is InChI=1S/C8H8BrNO2.C2H6/c1-4-2-6(9)5(8(11)12)3-7(4)10;1-2/h2-3H,10H2,1H3,(H,11,12);1-2H3. The third-order valence-electron chi connectivity index (χ3n) is 1.59. The molecule has 14 heavy (non-hydrogen) atoms. The molecule has 0 aliphatic rings. The lowest BCUT2D eigenvalue weighted by Crippen LogP contribution is -2.00. The molecule has 0 amide bonds. The van der Waals surface area contributed by atoms with Gasteiger partial charge in [0.2, 0.25) is 0 Å². The van der Waals surface area contributed by atoms with Crippen LogP contribution in [0.5, 0.6) is 0 Å². The number of hydrogen-bond donors (Lipinski definition) is 2. The number of aromatic carboxylic acids is 1. The van der Waals surface area contributed by atoms with Crippen LogP contribution in [-0.4, -0.2) is 11.1 Å². The van der Waals surface area contributed by atoms with Crippen molar-refractivity contribution in [3.8, 4) is 0 Å². The number of nitrogens with two attached hydrogens (primary N) is 1. The second kappa shape index (κ2) is 5.65. The van der Waals surface area contributed by atoms with Gasteiger partial charge in [0.25, 0.3) is 0 Å². The van der Waals surface area contributed by atoms with E-state index in [1.807, 2.05) is 20.8 Å². The monoisotopic (exact) mass is 259 g/mol. The summed E-state index contributed by atoms with van der Waals surface area (Å²) in [6, 6.07) is 3.14. The molecule has 0 radical (unpaired) electrons. The minimum absolute atomic E-state index is 0.193. The summed E-state index contributed by atoms with van der Waals surface area (Å²) in [5.74, 6) is -0.978. The summed E-state index contributed by atoms with van der Waals surface area (Å²) in [6.07, 6.45) is 0. The highest BCUT2D eigenvalue weighted by atomic mass is 79.9. The fourth-order valence-electron chi connectivity index (χ4n) is 0.853. The zero-order valence-electron chi connectivity index (χ0n) is 8.47. The molecule has 1 aromatic carbocycles. The van der Waals surface area contributed by atoms with E-state index in [2.05, 4.69) is 15.9 Å². The maximum Gasteiger partial charge on any atom is 0.336 e. The van der Waals surface area contributed by atoms with E-state index < -0.39 is 5.97 Å². The van der Waals surface area contributed by atoms with Crippen LogP contribution in [0.2, 0.25) is 0 Å². The molecule has 0 spiro atoms. The van der Waals surface area contributed by atoms with Crippen LogP contribution in [0.3, 0.4) is 0 Å². The van der Waals surface area contributed by atoms with Crippen molar-refractivity contribution in [1.29, 1.82) is 0 Å². The molecule has 0 saturated heterocycles. The molecular weight excluding hydrogens is 246 g/mol. The van der Waals surface area contributed by atoms with Crippen molar-refractivity contribution in [3.05, 3.63) is 27.7 Å². The molecule has 78 valence electrons. The van der Waals surface area contributed by atoms with Gasteiger partial charge in [-0.1, -0.05) is 13.8 Å². The molecule has 0 heterocycles. The van der Waals surface area contributed by atoms with E-state index in [0.717, 1.165) is 5.56 Å². The van der Waals surface area contributed by atoms with Crippen LogP contribution in [0.15, 0.2) is 16.6 Å². The summed E-state index contributed by atoms with van der Waals surface area (Å²) in [7, 11) is 0. The smallest absolute Gasteiger partial charge is 0.336 e. The van der Waals surface area contributed by atoms with Crippen LogP contribution >= 0.6 is 15.9 Å². The van der Waals surface area contributed by atoms with Crippen molar-refractivity contribution in [2.24, 2.45) is 0 Å². The number of halogens is 1. The first-order valence-electron chi connectivity index (χ1n) is 4.31. The van der Waals surface area contributed by atoms with Crippen LogP contribution in [0.1, 0.15) is 29.8 Å². The van der Waals surface area contributed by atoms with E-state index in [0.29, 0.717) is 10.2 Å². The average molecular weight is 260 g/mol. The molecule has 0 aromatic heterocycles. The SMILES string of the molecule is CC.Cc1cc(Br)c(C(=O)O)cc1N. The van der Waals surface area contributed by atoms with Gasteiger partial charge >= 0.3 is 5.97 Å². The van der Waals surface area contributed by atoms with Gasteiger partial charge in [-0.2, -0.15) is 0 Å². The first kappa shape index (κ1) is 13.0. The summed E-state index contributed by atoms with van der Waals surface area (Å²) < 4.78 is 0.557. The Hall–Kier alpha value is -1.03. The molecule has 1 aromatic rings. The lowest BCUT2D eigenvalue weighted by molar-refractivity contribution is 0.0696. The van der Waals surface area contributed by atoms with Crippen molar-refractivity contribution in [1.82, 2.24) is 0 Å². The predicted octanol–water partition coefficient (Wildman–Crippen LogP) is 3.06. The zero-order valence-corrected chi connectivity index (χ0v) is 10.1. The Balaban J connectivity index is 0.000000791. The molecule has 0 saturated carbocycles. The van der Waals surface area contributed by atoms with Crippen LogP contribution in [0.25, 0.3) is 0 Å². The topological polar surface area (TPSA) is 63.3 Å². The summed E-state index contributed by atoms with van der Waals surface area (Å²) in [4.78, 5) is 10.6. The molecular formula is C10H14BrNO2. The van der Waals surface area contributed by atoms with Crippen LogP contribution < -0.4 is 5.73 Å². The number of nitrogen functional groups attached to an aromatic ring is 1. The summed E-state index contributed by atoms with van der Waals surface area (Å²) >= 11 is 3.15. The molecule has 0 aliphatic carbocycles. The summed E-state index contributed by atoms with van der Waals surface area (Å²) in [6.45, 7) is 5.83. The van der Waals surface area contributed by atoms with Crippen molar-refractivity contribution in [2.75, 3.05) is 5.73 Å². The lowest BCUT2D eigenvalue weighted by Gasteiger charge is -2.03. The quantitative estimate of drug-likeness (QED) is 0.763. The van der Waals surface area contributed by atoms with Crippen molar-refractivity contribution in [3.63, 3.8) is 0 Å². The largest absolute Gasteiger partial charge is 0.478 e. The van der Waals surface area contributed by atoms with Crippen molar-refractivity contribution < 1.29 is 9.90 Å². The van der Waals surface area contributed by atoms with Gasteiger partial charge in [0, 0.05) is 10.2 Å². The van der Waals surface area contributed by atoms with Gasteiger partial charge in [0.1, 0.15) is 0 Å². The third-order valence-corrected chi connectivity index (χ3v) is 2.24. The predicted molar refractivity (Wildman–Crippen MR) is 61.6 cm³/mol. The van der Waals surface area contributed by atoms with Gasteiger partial charge in [-0.05, 0) is 40.5 Å². The van der Waals surface area contributed by atoms with Gasteiger partial charge in [-0.15, -0.1) is 0 Å². The fourth-order valence-corrected chi connectivity index (χ4v) is 1.48. The van der Waals surface area contributed by atoms with E-state index in [9.17, 15) is 4.79 Å². The Bertz CT molecular complexity index is 337. The van der Waals surface area contributed by atoms with Crippen LogP contribution in [0, 0.1) is 6.92 Å². The summed E-state index contributed by atoms with van der Waals surface area (Å²) in [5, 5.41) is 8.70. The maximum atomic E-state index is 10.6. The first-order chi connectivity index (χ1) is 6.52. The van der Waals surface area contributed by atoms with E-state index in [-0.39, 0.29) is 5.56 Å². The van der Waals surface area contributed by atoms with Gasteiger partial charge in [-0.25, -0.2) is 4.79 Å². The third kappa shape index (κ3) is 3.03. The van der Waals surface area contributed by atoms with Gasteiger partial charge in [0.05, 0.1) is 5.56 Å². The highest BCUT2D eigenvalue weighted by Gasteiger charge is 2.09. The number of rotatable bonds is 1. The van der Waals surface area contributed by atoms with E-state index >= 15 is 0 Å². The Morgan fingerprint density at radius 3 is 2.36 bits per heavy atom. The minimum Gasteiger partial charge on any atom is -0.478 e. The van der Waals surface area contributed by atoms with Crippen LogP contribution in [0.4, 0.5) is 5.69 Å². The maximum absolute atomic E-state index is 10.6. The lowest BCUT2D eigenvalue weighted by atomic mass is 10.1. The molecule has 1 rings (SSSR count). The molecule has 0 unspecified atom stereocenters. The molecule has 3 N–H and O–H groups in total. The van der Waals surface area contributed by atoms with Gasteiger partial charge < -0.3 is 10.8 Å². The highest BCUT2D eigenvalue weighted by Crippen LogP contribution is 2.22. The van der Waals surface area contributed by atoms with Gasteiger partial charge in [-0.3, -0.25) is 0 Å². The number of carboxylic acids is 1. The normalized spacial score (nSPS) is 8.86. The summed E-state index contributed by atoms with van der Waals surface area (Å²) in [5.41, 5.74) is 7.10. The van der Waals surface area contributed by atoms with E-state index in [1.165, 1.54) is 6.07 Å². The van der Waals surface area contributed by atoms with E-state index in [1.54, 1.807) is 6.07 Å². The molecule has 0 atom stereocenters. The van der Waals surface area contributed by atoms with Crippen LogP contribution in [-0.2, 0) is 0 Å². The van der Waals surface area contributed by atoms with Crippen molar-refractivity contribution >= 4 is 27.6 Å². The number of aryl methyl sites for hydroxylation is 1. The zero-order chi connectivity index (χ0) is 11.3. The number of carbonyl (C=O) groups is 1. The Morgan fingerprint density at radius 2 is 1.93 bits per heavy atom. The first-order valence-corrected chi connectivity index (χ1v) is 5.10. The average Bonchev–Trinajstić information content (AvgIpc) is 2.14. The fraction of sp³-hybridized carbons (Fsp3) is 0.300. The number of carboxylic acid groups (broad SMARTS) is 1. The molecule has 4 heteroatoms.